The van der Waals surface area contributed by atoms with Crippen LogP contribution in [0.5, 0.6) is 0 Å². The number of rotatable bonds is 5. The molecule has 3 nitrogen and oxygen atoms in total. The van der Waals surface area contributed by atoms with E-state index in [4.69, 9.17) is 0 Å². The molecule has 0 radical (unpaired) electrons. The summed E-state index contributed by atoms with van der Waals surface area (Å²) in [5, 5.41) is 7.47. The predicted molar refractivity (Wildman–Crippen MR) is 240 cm³/mol. The fraction of sp³-hybridized carbons (Fsp3) is 0. The molecule has 0 aliphatic carbocycles. The van der Waals surface area contributed by atoms with Gasteiger partial charge in [0.2, 0.25) is 0 Å². The van der Waals surface area contributed by atoms with Crippen molar-refractivity contribution in [2.45, 2.75) is 0 Å². The molecule has 0 saturated heterocycles. The summed E-state index contributed by atoms with van der Waals surface area (Å²) in [6.07, 6.45) is 0. The molecule has 0 N–H and O–H groups in total. The Labute approximate surface area is 329 Å². The second-order valence-corrected chi connectivity index (χ2v) is 15.0. The minimum Gasteiger partial charge on any atom is -0.309 e. The minimum absolute atomic E-state index is 1.14. The van der Waals surface area contributed by atoms with Gasteiger partial charge in [-0.2, -0.15) is 0 Å². The highest BCUT2D eigenvalue weighted by Gasteiger charge is 2.19. The Morgan fingerprint density at radius 1 is 0.193 bits per heavy atom. The SMILES string of the molecule is c1ccc(-c2cc(-c3ccccc3)cc(-n3c4ccccc4c4cc(-n5c6ccccc6c6cc(-n7c8ccccc8c8ccccc87)ccc65)ccc43)c2)cc1. The Balaban J connectivity index is 1.07. The molecule has 0 saturated carbocycles. The average Bonchev–Trinajstić information content (AvgIpc) is 3.92. The van der Waals surface area contributed by atoms with Crippen LogP contribution in [0.4, 0.5) is 0 Å². The van der Waals surface area contributed by atoms with Gasteiger partial charge in [0.15, 0.2) is 0 Å². The van der Waals surface area contributed by atoms with Crippen LogP contribution in [0.15, 0.2) is 212 Å². The van der Waals surface area contributed by atoms with Crippen LogP contribution < -0.4 is 0 Å². The molecule has 0 spiro atoms. The molecule has 0 atom stereocenters. The summed E-state index contributed by atoms with van der Waals surface area (Å²) in [6, 6.07) is 77.5. The molecule has 57 heavy (non-hydrogen) atoms. The third-order valence-electron chi connectivity index (χ3n) is 11.8. The molecule has 3 heteroatoms. The van der Waals surface area contributed by atoms with Gasteiger partial charge >= 0.3 is 0 Å². The van der Waals surface area contributed by atoms with Crippen molar-refractivity contribution in [3.05, 3.63) is 212 Å². The Hall–Kier alpha value is -7.62. The molecule has 9 aromatic carbocycles. The van der Waals surface area contributed by atoms with Crippen molar-refractivity contribution in [2.75, 3.05) is 0 Å². The van der Waals surface area contributed by atoms with E-state index in [9.17, 15) is 0 Å². The van der Waals surface area contributed by atoms with Gasteiger partial charge in [-0.3, -0.25) is 0 Å². The van der Waals surface area contributed by atoms with Gasteiger partial charge in [0.05, 0.1) is 33.1 Å². The molecule has 0 unspecified atom stereocenters. The summed E-state index contributed by atoms with van der Waals surface area (Å²) >= 11 is 0. The summed E-state index contributed by atoms with van der Waals surface area (Å²) in [4.78, 5) is 0. The lowest BCUT2D eigenvalue weighted by molar-refractivity contribution is 1.16. The fourth-order valence-corrected chi connectivity index (χ4v) is 9.29. The van der Waals surface area contributed by atoms with Crippen molar-refractivity contribution in [3.63, 3.8) is 0 Å². The van der Waals surface area contributed by atoms with Crippen molar-refractivity contribution < 1.29 is 0 Å². The van der Waals surface area contributed by atoms with Gasteiger partial charge in [-0.05, 0) is 101 Å². The van der Waals surface area contributed by atoms with Crippen LogP contribution in [0.1, 0.15) is 0 Å². The third kappa shape index (κ3) is 4.86. The first kappa shape index (κ1) is 31.7. The third-order valence-corrected chi connectivity index (χ3v) is 11.8. The molecule has 266 valence electrons. The van der Waals surface area contributed by atoms with Crippen molar-refractivity contribution in [3.8, 4) is 39.3 Å². The van der Waals surface area contributed by atoms with Crippen LogP contribution in [-0.4, -0.2) is 13.7 Å². The highest BCUT2D eigenvalue weighted by Crippen LogP contribution is 2.40. The first-order valence-electron chi connectivity index (χ1n) is 19.6. The van der Waals surface area contributed by atoms with Gasteiger partial charge in [-0.25, -0.2) is 0 Å². The number of aromatic nitrogens is 3. The highest BCUT2D eigenvalue weighted by molar-refractivity contribution is 6.14. The van der Waals surface area contributed by atoms with Gasteiger partial charge < -0.3 is 13.7 Å². The molecule has 3 heterocycles. The van der Waals surface area contributed by atoms with E-state index < -0.39 is 0 Å². The summed E-state index contributed by atoms with van der Waals surface area (Å²) < 4.78 is 7.29. The largest absolute Gasteiger partial charge is 0.309 e. The van der Waals surface area contributed by atoms with Crippen LogP contribution >= 0.6 is 0 Å². The minimum atomic E-state index is 1.14. The van der Waals surface area contributed by atoms with Crippen LogP contribution in [0.3, 0.4) is 0 Å². The highest BCUT2D eigenvalue weighted by atomic mass is 15.0. The van der Waals surface area contributed by atoms with Gasteiger partial charge in [0.25, 0.3) is 0 Å². The quantitative estimate of drug-likeness (QED) is 0.168. The molecule has 0 bridgehead atoms. The zero-order valence-electron chi connectivity index (χ0n) is 31.0. The number of benzene rings is 9. The van der Waals surface area contributed by atoms with Crippen LogP contribution in [0.25, 0.3) is 105 Å². The number of hydrogen-bond donors (Lipinski definition) is 0. The van der Waals surface area contributed by atoms with E-state index >= 15 is 0 Å². The molecule has 3 aromatic heterocycles. The van der Waals surface area contributed by atoms with E-state index in [1.807, 2.05) is 0 Å². The maximum Gasteiger partial charge on any atom is 0.0542 e. The first-order chi connectivity index (χ1) is 28.3. The van der Waals surface area contributed by atoms with Crippen molar-refractivity contribution in [1.29, 1.82) is 0 Å². The number of nitrogens with zero attached hydrogens (tertiary/aromatic N) is 3. The zero-order chi connectivity index (χ0) is 37.5. The second-order valence-electron chi connectivity index (χ2n) is 15.0. The first-order valence-corrected chi connectivity index (χ1v) is 19.6. The fourth-order valence-electron chi connectivity index (χ4n) is 9.29. The lowest BCUT2D eigenvalue weighted by atomic mass is 9.98. The van der Waals surface area contributed by atoms with Crippen LogP contribution in [0, 0.1) is 0 Å². The molecular formula is C54H35N3. The summed E-state index contributed by atoms with van der Waals surface area (Å²) in [7, 11) is 0. The molecule has 0 amide bonds. The Bertz CT molecular complexity index is 3400. The van der Waals surface area contributed by atoms with Gasteiger partial charge in [0.1, 0.15) is 0 Å². The van der Waals surface area contributed by atoms with Gasteiger partial charge in [-0.1, -0.05) is 133 Å². The van der Waals surface area contributed by atoms with E-state index in [2.05, 4.69) is 226 Å². The van der Waals surface area contributed by atoms with E-state index in [0.717, 1.165) is 17.1 Å². The molecule has 12 rings (SSSR count). The van der Waals surface area contributed by atoms with Crippen LogP contribution in [0.2, 0.25) is 0 Å². The van der Waals surface area contributed by atoms with Crippen LogP contribution in [-0.2, 0) is 0 Å². The molecule has 0 fully saturated rings. The van der Waals surface area contributed by atoms with Crippen molar-refractivity contribution in [2.24, 2.45) is 0 Å². The number of para-hydroxylation sites is 4. The van der Waals surface area contributed by atoms with Gasteiger partial charge in [0, 0.05) is 49.4 Å². The summed E-state index contributed by atoms with van der Waals surface area (Å²) in [5.74, 6) is 0. The maximum absolute atomic E-state index is 2.44. The monoisotopic (exact) mass is 725 g/mol. The average molecular weight is 726 g/mol. The zero-order valence-corrected chi connectivity index (χ0v) is 31.0. The second kappa shape index (κ2) is 12.5. The van der Waals surface area contributed by atoms with E-state index in [-0.39, 0.29) is 0 Å². The Morgan fingerprint density at radius 3 is 0.912 bits per heavy atom. The predicted octanol–water partition coefficient (Wildman–Crippen LogP) is 14.3. The normalized spacial score (nSPS) is 11.9. The summed E-state index contributed by atoms with van der Waals surface area (Å²) in [5.41, 5.74) is 15.4. The maximum atomic E-state index is 2.44. The molecule has 12 aromatic rings. The number of fused-ring (bicyclic) bond motifs is 9. The molecule has 0 aliphatic heterocycles. The number of hydrogen-bond acceptors (Lipinski definition) is 0. The molecular weight excluding hydrogens is 691 g/mol. The van der Waals surface area contributed by atoms with Gasteiger partial charge in [-0.15, -0.1) is 0 Å². The smallest absolute Gasteiger partial charge is 0.0542 e. The topological polar surface area (TPSA) is 14.8 Å². The molecule has 0 aliphatic rings. The van der Waals surface area contributed by atoms with E-state index in [1.165, 1.54) is 87.7 Å². The van der Waals surface area contributed by atoms with Crippen molar-refractivity contribution in [1.82, 2.24) is 13.7 Å². The van der Waals surface area contributed by atoms with E-state index in [1.54, 1.807) is 0 Å². The van der Waals surface area contributed by atoms with E-state index in [0.29, 0.717) is 0 Å². The Kier molecular flexibility index (Phi) is 6.93. The summed E-state index contributed by atoms with van der Waals surface area (Å²) in [6.45, 7) is 0. The lowest BCUT2D eigenvalue weighted by Gasteiger charge is -2.14. The van der Waals surface area contributed by atoms with Crippen molar-refractivity contribution >= 4 is 65.4 Å². The lowest BCUT2D eigenvalue weighted by Crippen LogP contribution is -1.97. The Morgan fingerprint density at radius 2 is 0.509 bits per heavy atom. The standard InChI is InChI=1S/C54H35N3/c1-3-15-36(16-4-1)38-31-39(37-17-5-2-6-18-37)33-42(32-38)57-52-26-14-10-22-46(52)48-35-41(28-30-54(48)57)56-51-25-13-9-21-45(51)47-34-40(27-29-53(47)56)55-49-23-11-7-19-43(49)44-20-8-12-24-50(44)55/h1-35H.